The third kappa shape index (κ3) is 3.57. The molecule has 7 heteroatoms. The van der Waals surface area contributed by atoms with Crippen LogP contribution in [-0.4, -0.2) is 28.6 Å². The van der Waals surface area contributed by atoms with Gasteiger partial charge in [-0.05, 0) is 18.6 Å². The summed E-state index contributed by atoms with van der Waals surface area (Å²) < 4.78 is 10.6. The maximum atomic E-state index is 5.65. The molecule has 0 aliphatic rings. The molecule has 102 valence electrons. The molecule has 0 amide bonds. The van der Waals surface area contributed by atoms with Crippen LogP contribution in [0.3, 0.4) is 0 Å². The summed E-state index contributed by atoms with van der Waals surface area (Å²) in [5, 5.41) is 0. The van der Waals surface area contributed by atoms with Crippen LogP contribution in [0.15, 0.2) is 22.8 Å². The van der Waals surface area contributed by atoms with Crippen LogP contribution in [0, 0.1) is 0 Å². The van der Waals surface area contributed by atoms with E-state index < -0.39 is 0 Å². The first-order chi connectivity index (χ1) is 9.19. The van der Waals surface area contributed by atoms with E-state index in [9.17, 15) is 0 Å². The molecule has 0 aromatic carbocycles. The highest BCUT2D eigenvalue weighted by atomic mass is 16.5. The second-order valence-electron chi connectivity index (χ2n) is 4.06. The van der Waals surface area contributed by atoms with Gasteiger partial charge in [-0.15, -0.1) is 0 Å². The third-order valence-corrected chi connectivity index (χ3v) is 2.37. The number of hydrogen-bond donors (Lipinski definition) is 1. The van der Waals surface area contributed by atoms with Crippen molar-refractivity contribution in [2.24, 2.45) is 0 Å². The summed E-state index contributed by atoms with van der Waals surface area (Å²) in [4.78, 5) is 14.0. The monoisotopic (exact) mass is 263 g/mol. The van der Waals surface area contributed by atoms with Crippen LogP contribution in [0.5, 0.6) is 6.01 Å². The second-order valence-corrected chi connectivity index (χ2v) is 4.06. The fraction of sp³-hybridized carbons (Fsp3) is 0.417. The van der Waals surface area contributed by atoms with Crippen molar-refractivity contribution in [1.29, 1.82) is 0 Å². The number of nitrogens with zero attached hydrogens (tertiary/aromatic N) is 4. The van der Waals surface area contributed by atoms with Gasteiger partial charge in [0.05, 0.1) is 19.4 Å². The first kappa shape index (κ1) is 13.1. The van der Waals surface area contributed by atoms with Crippen molar-refractivity contribution < 1.29 is 9.15 Å². The highest BCUT2D eigenvalue weighted by Crippen LogP contribution is 2.15. The lowest BCUT2D eigenvalue weighted by molar-refractivity contribution is 0.292. The van der Waals surface area contributed by atoms with Crippen LogP contribution in [0.4, 0.5) is 11.9 Å². The Hall–Kier alpha value is -2.31. The molecule has 0 fully saturated rings. The van der Waals surface area contributed by atoms with Crippen molar-refractivity contribution in [2.75, 3.05) is 24.3 Å². The smallest absolute Gasteiger partial charge is 0.323 e. The number of hydrogen-bond acceptors (Lipinski definition) is 7. The molecule has 0 aliphatic heterocycles. The maximum absolute atomic E-state index is 5.65. The predicted octanol–water partition coefficient (Wildman–Crippen LogP) is 1.47. The van der Waals surface area contributed by atoms with E-state index in [0.29, 0.717) is 19.1 Å². The fourth-order valence-electron chi connectivity index (χ4n) is 1.50. The molecular weight excluding hydrogens is 246 g/mol. The summed E-state index contributed by atoms with van der Waals surface area (Å²) in [7, 11) is 1.85. The van der Waals surface area contributed by atoms with Gasteiger partial charge in [-0.1, -0.05) is 6.92 Å². The topological polar surface area (TPSA) is 90.3 Å². The number of anilines is 2. The van der Waals surface area contributed by atoms with E-state index in [0.717, 1.165) is 12.2 Å². The van der Waals surface area contributed by atoms with E-state index in [4.69, 9.17) is 14.9 Å². The molecule has 19 heavy (non-hydrogen) atoms. The lowest BCUT2D eigenvalue weighted by atomic mass is 10.4. The Balaban J connectivity index is 2.11. The molecule has 0 radical (unpaired) electrons. The van der Waals surface area contributed by atoms with Crippen LogP contribution in [0.1, 0.15) is 19.1 Å². The minimum atomic E-state index is 0.141. The van der Waals surface area contributed by atoms with E-state index in [1.165, 1.54) is 0 Å². The van der Waals surface area contributed by atoms with E-state index >= 15 is 0 Å². The molecule has 7 nitrogen and oxygen atoms in total. The Morgan fingerprint density at radius 1 is 1.37 bits per heavy atom. The van der Waals surface area contributed by atoms with E-state index in [2.05, 4.69) is 15.0 Å². The number of furan rings is 1. The summed E-state index contributed by atoms with van der Waals surface area (Å²) in [6.07, 6.45) is 2.50. The molecule has 2 aromatic rings. The van der Waals surface area contributed by atoms with Gasteiger partial charge in [0.1, 0.15) is 5.76 Å². The van der Waals surface area contributed by atoms with Gasteiger partial charge in [0.2, 0.25) is 11.9 Å². The van der Waals surface area contributed by atoms with Crippen LogP contribution in [0.2, 0.25) is 0 Å². The normalized spacial score (nSPS) is 10.4. The van der Waals surface area contributed by atoms with Crippen molar-refractivity contribution in [3.63, 3.8) is 0 Å². The predicted molar refractivity (Wildman–Crippen MR) is 70.8 cm³/mol. The van der Waals surface area contributed by atoms with Crippen LogP contribution >= 0.6 is 0 Å². The van der Waals surface area contributed by atoms with Gasteiger partial charge in [-0.25, -0.2) is 0 Å². The molecule has 0 unspecified atom stereocenters. The Labute approximate surface area is 111 Å². The Morgan fingerprint density at radius 3 is 2.89 bits per heavy atom. The minimum absolute atomic E-state index is 0.141. The molecular formula is C12H17N5O2. The Kier molecular flexibility index (Phi) is 4.17. The second kappa shape index (κ2) is 6.03. The summed E-state index contributed by atoms with van der Waals surface area (Å²) in [5.41, 5.74) is 5.65. The highest BCUT2D eigenvalue weighted by Gasteiger charge is 2.11. The molecule has 0 aliphatic carbocycles. The standard InChI is InChI=1S/C12H17N5O2/c1-3-6-19-12-15-10(13)14-11(16-12)17(2)8-9-5-4-7-18-9/h4-5,7H,3,6,8H2,1-2H3,(H2,13,14,15,16). The molecule has 2 heterocycles. The number of aromatic nitrogens is 3. The summed E-state index contributed by atoms with van der Waals surface area (Å²) in [6.45, 7) is 3.10. The maximum Gasteiger partial charge on any atom is 0.323 e. The zero-order valence-electron chi connectivity index (χ0n) is 11.0. The summed E-state index contributed by atoms with van der Waals surface area (Å²) >= 11 is 0. The fourth-order valence-corrected chi connectivity index (χ4v) is 1.50. The van der Waals surface area contributed by atoms with E-state index in [1.54, 1.807) is 6.26 Å². The SMILES string of the molecule is CCCOc1nc(N)nc(N(C)Cc2ccco2)n1. The van der Waals surface area contributed by atoms with Crippen molar-refractivity contribution in [1.82, 2.24) is 15.0 Å². The van der Waals surface area contributed by atoms with Crippen LogP contribution in [0.25, 0.3) is 0 Å². The number of rotatable bonds is 6. The highest BCUT2D eigenvalue weighted by molar-refractivity contribution is 5.35. The van der Waals surface area contributed by atoms with Crippen molar-refractivity contribution >= 4 is 11.9 Å². The molecule has 0 bridgehead atoms. The van der Waals surface area contributed by atoms with Crippen molar-refractivity contribution in [3.8, 4) is 6.01 Å². The minimum Gasteiger partial charge on any atom is -0.467 e. The molecule has 0 saturated carbocycles. The van der Waals surface area contributed by atoms with Gasteiger partial charge in [0, 0.05) is 7.05 Å². The quantitative estimate of drug-likeness (QED) is 0.843. The Bertz CT molecular complexity index is 515. The third-order valence-electron chi connectivity index (χ3n) is 2.37. The van der Waals surface area contributed by atoms with E-state index in [1.807, 2.05) is 31.0 Å². The molecule has 2 N–H and O–H groups in total. The van der Waals surface area contributed by atoms with Gasteiger partial charge >= 0.3 is 6.01 Å². The van der Waals surface area contributed by atoms with Gasteiger partial charge in [-0.2, -0.15) is 15.0 Å². The van der Waals surface area contributed by atoms with Crippen LogP contribution < -0.4 is 15.4 Å². The Morgan fingerprint density at radius 2 is 2.21 bits per heavy atom. The van der Waals surface area contributed by atoms with Gasteiger partial charge in [0.25, 0.3) is 0 Å². The first-order valence-corrected chi connectivity index (χ1v) is 6.07. The molecule has 2 rings (SSSR count). The average Bonchev–Trinajstić information content (AvgIpc) is 2.88. The average molecular weight is 263 g/mol. The zero-order chi connectivity index (χ0) is 13.7. The van der Waals surface area contributed by atoms with Gasteiger partial charge < -0.3 is 19.8 Å². The first-order valence-electron chi connectivity index (χ1n) is 6.07. The molecule has 0 spiro atoms. The number of ether oxygens (including phenoxy) is 1. The summed E-state index contributed by atoms with van der Waals surface area (Å²) in [6, 6.07) is 3.96. The van der Waals surface area contributed by atoms with E-state index in [-0.39, 0.29) is 12.0 Å². The molecule has 0 saturated heterocycles. The van der Waals surface area contributed by atoms with Crippen LogP contribution in [-0.2, 0) is 6.54 Å². The van der Waals surface area contributed by atoms with Gasteiger partial charge in [0.15, 0.2) is 0 Å². The van der Waals surface area contributed by atoms with Crippen molar-refractivity contribution in [3.05, 3.63) is 24.2 Å². The summed E-state index contributed by atoms with van der Waals surface area (Å²) in [5.74, 6) is 1.41. The number of nitrogen functional groups attached to an aromatic ring is 1. The lowest BCUT2D eigenvalue weighted by Crippen LogP contribution is -2.20. The largest absolute Gasteiger partial charge is 0.467 e. The number of nitrogens with two attached hydrogens (primary N) is 1. The molecule has 0 atom stereocenters. The van der Waals surface area contributed by atoms with Crippen molar-refractivity contribution in [2.45, 2.75) is 19.9 Å². The van der Waals surface area contributed by atoms with Gasteiger partial charge in [-0.3, -0.25) is 0 Å². The lowest BCUT2D eigenvalue weighted by Gasteiger charge is -2.16. The molecule has 2 aromatic heterocycles. The zero-order valence-corrected chi connectivity index (χ0v) is 11.0.